The molecule has 7 nitrogen and oxygen atoms in total. The van der Waals surface area contributed by atoms with Crippen LogP contribution in [0.3, 0.4) is 0 Å². The van der Waals surface area contributed by atoms with E-state index in [4.69, 9.17) is 9.90 Å². The maximum atomic E-state index is 12.7. The van der Waals surface area contributed by atoms with Crippen molar-refractivity contribution in [3.63, 3.8) is 0 Å². The van der Waals surface area contributed by atoms with Crippen molar-refractivity contribution in [1.82, 2.24) is 13.5 Å². The third-order valence-corrected chi connectivity index (χ3v) is 7.33. The van der Waals surface area contributed by atoms with Crippen LogP contribution < -0.4 is 0 Å². The molecule has 0 bridgehead atoms. The summed E-state index contributed by atoms with van der Waals surface area (Å²) in [4.78, 5) is 11.0. The Hall–Kier alpha value is -0.700. The molecule has 0 atom stereocenters. The highest BCUT2D eigenvalue weighted by Crippen LogP contribution is 2.24. The molecule has 8 heteroatoms. The largest absolute Gasteiger partial charge is 0.483 e. The number of carboxylic acid groups (broad SMARTS) is 1. The van der Waals surface area contributed by atoms with Gasteiger partial charge in [-0.1, -0.05) is 12.8 Å². The lowest BCUT2D eigenvalue weighted by molar-refractivity contribution is -0.122. The van der Waals surface area contributed by atoms with E-state index in [0.717, 1.165) is 25.7 Å². The van der Waals surface area contributed by atoms with Gasteiger partial charge in [0.25, 0.3) is 16.7 Å². The van der Waals surface area contributed by atoms with Crippen molar-refractivity contribution in [3.8, 4) is 0 Å². The van der Waals surface area contributed by atoms with Crippen LogP contribution in [0.1, 0.15) is 51.4 Å². The highest BCUT2D eigenvalue weighted by Gasteiger charge is 2.34. The van der Waals surface area contributed by atoms with Gasteiger partial charge in [-0.15, -0.1) is 0 Å². The fourth-order valence-electron chi connectivity index (χ4n) is 3.98. The molecule has 0 amide bonds. The SMILES string of the molecule is O=CO.O=S(=O)(N1CCCCC1)N1CCC(N2CCCCC2)CC1. The Morgan fingerprint density at radius 2 is 1.17 bits per heavy atom. The zero-order valence-electron chi connectivity index (χ0n) is 14.5. The van der Waals surface area contributed by atoms with Crippen LogP contribution in [0.5, 0.6) is 0 Å². The van der Waals surface area contributed by atoms with E-state index in [9.17, 15) is 8.42 Å². The van der Waals surface area contributed by atoms with Crippen molar-refractivity contribution < 1.29 is 18.3 Å². The summed E-state index contributed by atoms with van der Waals surface area (Å²) in [6.45, 7) is 5.02. The number of piperidine rings is 3. The summed E-state index contributed by atoms with van der Waals surface area (Å²) in [5, 5.41) is 6.89. The summed E-state index contributed by atoms with van der Waals surface area (Å²) in [6.07, 6.45) is 9.20. The molecule has 0 aromatic carbocycles. The van der Waals surface area contributed by atoms with Crippen molar-refractivity contribution in [3.05, 3.63) is 0 Å². The van der Waals surface area contributed by atoms with Crippen LogP contribution in [0.25, 0.3) is 0 Å². The minimum absolute atomic E-state index is 0.250. The van der Waals surface area contributed by atoms with Crippen LogP contribution >= 0.6 is 0 Å². The van der Waals surface area contributed by atoms with Gasteiger partial charge in [0.1, 0.15) is 0 Å². The maximum Gasteiger partial charge on any atom is 0.290 e. The van der Waals surface area contributed by atoms with Crippen molar-refractivity contribution in [1.29, 1.82) is 0 Å². The number of rotatable bonds is 3. The fraction of sp³-hybridized carbons (Fsp3) is 0.938. The van der Waals surface area contributed by atoms with Gasteiger partial charge in [0, 0.05) is 32.2 Å². The Kier molecular flexibility index (Phi) is 7.93. The van der Waals surface area contributed by atoms with Crippen LogP contribution in [0.4, 0.5) is 0 Å². The minimum atomic E-state index is -3.19. The Morgan fingerprint density at radius 3 is 1.67 bits per heavy atom. The highest BCUT2D eigenvalue weighted by atomic mass is 32.2. The molecule has 0 radical (unpaired) electrons. The quantitative estimate of drug-likeness (QED) is 0.768. The second-order valence-electron chi connectivity index (χ2n) is 6.80. The van der Waals surface area contributed by atoms with E-state index in [0.29, 0.717) is 32.2 Å². The van der Waals surface area contributed by atoms with Crippen molar-refractivity contribution in [2.45, 2.75) is 57.4 Å². The van der Waals surface area contributed by atoms with Gasteiger partial charge in [-0.25, -0.2) is 0 Å². The zero-order chi connectivity index (χ0) is 17.4. The third kappa shape index (κ3) is 5.15. The standard InChI is InChI=1S/C15H29N3O2S.CH2O2/c19-21(20,17-11-5-2-6-12-17)18-13-7-15(8-14-18)16-9-3-1-4-10-16;2-1-3/h15H,1-14H2;1H,(H,2,3). The van der Waals surface area contributed by atoms with Gasteiger partial charge in [0.05, 0.1) is 0 Å². The molecule has 140 valence electrons. The average Bonchev–Trinajstić information content (AvgIpc) is 2.64. The molecule has 1 N–H and O–H groups in total. The van der Waals surface area contributed by atoms with Gasteiger partial charge in [-0.2, -0.15) is 17.0 Å². The Balaban J connectivity index is 0.000000647. The molecule has 3 aliphatic heterocycles. The summed E-state index contributed by atoms with van der Waals surface area (Å²) in [5.41, 5.74) is 0. The van der Waals surface area contributed by atoms with Gasteiger partial charge in [-0.05, 0) is 51.6 Å². The molecule has 3 heterocycles. The molecule has 0 aromatic rings. The highest BCUT2D eigenvalue weighted by molar-refractivity contribution is 7.86. The molecular formula is C16H31N3O4S. The molecule has 3 rings (SSSR count). The van der Waals surface area contributed by atoms with Crippen LogP contribution in [-0.4, -0.2) is 78.8 Å². The summed E-state index contributed by atoms with van der Waals surface area (Å²) in [5.74, 6) is 0. The molecule has 0 aromatic heterocycles. The second-order valence-corrected chi connectivity index (χ2v) is 8.73. The number of likely N-dealkylation sites (tertiary alicyclic amines) is 1. The van der Waals surface area contributed by atoms with E-state index >= 15 is 0 Å². The normalized spacial score (nSPS) is 25.7. The molecule has 0 saturated carbocycles. The first-order chi connectivity index (χ1) is 11.6. The first-order valence-electron chi connectivity index (χ1n) is 9.16. The lowest BCUT2D eigenvalue weighted by Gasteiger charge is -2.41. The molecular weight excluding hydrogens is 330 g/mol. The molecule has 3 saturated heterocycles. The van der Waals surface area contributed by atoms with E-state index < -0.39 is 10.2 Å². The van der Waals surface area contributed by atoms with E-state index in [1.54, 1.807) is 8.61 Å². The zero-order valence-corrected chi connectivity index (χ0v) is 15.3. The van der Waals surface area contributed by atoms with Gasteiger partial charge in [0.15, 0.2) is 0 Å². The van der Waals surface area contributed by atoms with E-state index in [1.807, 2.05) is 0 Å². The third-order valence-electron chi connectivity index (χ3n) is 5.30. The Bertz CT molecular complexity index is 466. The van der Waals surface area contributed by atoms with Crippen molar-refractivity contribution in [2.24, 2.45) is 0 Å². The van der Waals surface area contributed by atoms with Crippen molar-refractivity contribution >= 4 is 16.7 Å². The van der Waals surface area contributed by atoms with Crippen molar-refractivity contribution in [2.75, 3.05) is 39.3 Å². The fourth-order valence-corrected chi connectivity index (χ4v) is 5.70. The predicted octanol–water partition coefficient (Wildman–Crippen LogP) is 1.37. The molecule has 3 fully saturated rings. The monoisotopic (exact) mass is 361 g/mol. The lowest BCUT2D eigenvalue weighted by atomic mass is 10.0. The Labute approximate surface area is 145 Å². The van der Waals surface area contributed by atoms with Gasteiger partial charge >= 0.3 is 0 Å². The topological polar surface area (TPSA) is 81.2 Å². The Morgan fingerprint density at radius 1 is 0.750 bits per heavy atom. The number of hydrogen-bond acceptors (Lipinski definition) is 4. The lowest BCUT2D eigenvalue weighted by Crippen LogP contribution is -2.52. The van der Waals surface area contributed by atoms with E-state index in [2.05, 4.69) is 4.90 Å². The van der Waals surface area contributed by atoms with Gasteiger partial charge in [0.2, 0.25) is 0 Å². The van der Waals surface area contributed by atoms with Crippen LogP contribution in [0.15, 0.2) is 0 Å². The second kappa shape index (κ2) is 9.70. The number of nitrogens with zero attached hydrogens (tertiary/aromatic N) is 3. The summed E-state index contributed by atoms with van der Waals surface area (Å²) in [6, 6.07) is 0.609. The average molecular weight is 362 g/mol. The summed E-state index contributed by atoms with van der Waals surface area (Å²) < 4.78 is 28.8. The summed E-state index contributed by atoms with van der Waals surface area (Å²) >= 11 is 0. The predicted molar refractivity (Wildman–Crippen MR) is 93.1 cm³/mol. The first kappa shape index (κ1) is 19.6. The van der Waals surface area contributed by atoms with Gasteiger partial charge in [-0.3, -0.25) is 4.79 Å². The van der Waals surface area contributed by atoms with Crippen LogP contribution in [0.2, 0.25) is 0 Å². The molecule has 0 aliphatic carbocycles. The summed E-state index contributed by atoms with van der Waals surface area (Å²) in [7, 11) is -3.19. The molecule has 0 unspecified atom stereocenters. The van der Waals surface area contributed by atoms with E-state index in [-0.39, 0.29) is 6.47 Å². The van der Waals surface area contributed by atoms with Gasteiger partial charge < -0.3 is 10.0 Å². The molecule has 24 heavy (non-hydrogen) atoms. The number of hydrogen-bond donors (Lipinski definition) is 1. The molecule has 3 aliphatic rings. The minimum Gasteiger partial charge on any atom is -0.483 e. The molecule has 0 spiro atoms. The maximum absolute atomic E-state index is 12.7. The van der Waals surface area contributed by atoms with Crippen LogP contribution in [0, 0.1) is 0 Å². The van der Waals surface area contributed by atoms with Crippen LogP contribution in [-0.2, 0) is 15.0 Å². The number of carbonyl (C=O) groups is 1. The first-order valence-corrected chi connectivity index (χ1v) is 10.6. The smallest absolute Gasteiger partial charge is 0.290 e. The van der Waals surface area contributed by atoms with E-state index in [1.165, 1.54) is 38.8 Å².